The molecule has 61 heavy (non-hydrogen) atoms. The SMILES string of the molecule is Cc1ccc2c(c1)c1c(N(c3ccccc3)c3cccc4c3c3cc(C)ccc3n4-c3ccc4sc5ccccc5c4c3)cccc1n2-c1ccc2sc3ccccc3c2c1. The highest BCUT2D eigenvalue weighted by atomic mass is 32.1. The summed E-state index contributed by atoms with van der Waals surface area (Å²) in [4.78, 5) is 2.51. The lowest BCUT2D eigenvalue weighted by molar-refractivity contribution is 1.18. The number of anilines is 3. The Bertz CT molecular complexity index is 3680. The van der Waals surface area contributed by atoms with Gasteiger partial charge in [-0.05, 0) is 123 Å². The van der Waals surface area contributed by atoms with Gasteiger partial charge in [0.15, 0.2) is 0 Å². The molecule has 0 atom stereocenters. The van der Waals surface area contributed by atoms with Gasteiger partial charge in [-0.15, -0.1) is 22.7 Å². The van der Waals surface area contributed by atoms with Gasteiger partial charge in [-0.2, -0.15) is 0 Å². The fraction of sp³-hybridized carbons (Fsp3) is 0.0357. The van der Waals surface area contributed by atoms with Crippen molar-refractivity contribution in [2.75, 3.05) is 4.90 Å². The fourth-order valence-electron chi connectivity index (χ4n) is 9.95. The van der Waals surface area contributed by atoms with E-state index in [-0.39, 0.29) is 0 Å². The molecular formula is C56H37N3S2. The van der Waals surface area contributed by atoms with Gasteiger partial charge in [0.05, 0.1) is 33.4 Å². The van der Waals surface area contributed by atoms with Gasteiger partial charge in [-0.3, -0.25) is 0 Å². The van der Waals surface area contributed by atoms with Crippen LogP contribution in [0.25, 0.3) is 95.3 Å². The quantitative estimate of drug-likeness (QED) is 0.169. The van der Waals surface area contributed by atoms with Crippen LogP contribution in [-0.2, 0) is 0 Å². The largest absolute Gasteiger partial charge is 0.309 e. The predicted molar refractivity (Wildman–Crippen MR) is 265 cm³/mol. The van der Waals surface area contributed by atoms with Crippen LogP contribution in [0.3, 0.4) is 0 Å². The minimum atomic E-state index is 1.11. The maximum absolute atomic E-state index is 2.51. The lowest BCUT2D eigenvalue weighted by Crippen LogP contribution is -2.11. The first-order chi connectivity index (χ1) is 30.1. The Morgan fingerprint density at radius 2 is 0.803 bits per heavy atom. The molecule has 0 aliphatic rings. The normalized spacial score (nSPS) is 12.1. The minimum absolute atomic E-state index is 1.11. The fourth-order valence-corrected chi connectivity index (χ4v) is 12.1. The van der Waals surface area contributed by atoms with Crippen LogP contribution in [0.4, 0.5) is 17.1 Å². The number of hydrogen-bond donors (Lipinski definition) is 0. The number of para-hydroxylation sites is 1. The highest BCUT2D eigenvalue weighted by molar-refractivity contribution is 7.26. The molecule has 0 fully saturated rings. The zero-order valence-corrected chi connectivity index (χ0v) is 35.2. The van der Waals surface area contributed by atoms with Gasteiger partial charge in [-0.25, -0.2) is 0 Å². The maximum Gasteiger partial charge on any atom is 0.0562 e. The molecule has 4 heterocycles. The summed E-state index contributed by atoms with van der Waals surface area (Å²) < 4.78 is 10.2. The lowest BCUT2D eigenvalue weighted by atomic mass is 10.0. The summed E-state index contributed by atoms with van der Waals surface area (Å²) in [5, 5.41) is 10.1. The lowest BCUT2D eigenvalue weighted by Gasteiger charge is -2.27. The van der Waals surface area contributed by atoms with E-state index in [0.29, 0.717) is 0 Å². The van der Waals surface area contributed by atoms with Crippen molar-refractivity contribution in [3.8, 4) is 11.4 Å². The average molecular weight is 816 g/mol. The molecule has 0 radical (unpaired) electrons. The van der Waals surface area contributed by atoms with Crippen LogP contribution in [0.2, 0.25) is 0 Å². The monoisotopic (exact) mass is 815 g/mol. The number of nitrogens with zero attached hydrogens (tertiary/aromatic N) is 3. The second kappa shape index (κ2) is 13.2. The summed E-state index contributed by atoms with van der Waals surface area (Å²) >= 11 is 3.73. The van der Waals surface area contributed by atoms with Crippen molar-refractivity contribution in [2.24, 2.45) is 0 Å². The Labute approximate surface area is 360 Å². The van der Waals surface area contributed by atoms with Crippen molar-refractivity contribution in [3.63, 3.8) is 0 Å². The number of aromatic nitrogens is 2. The van der Waals surface area contributed by atoms with Crippen molar-refractivity contribution < 1.29 is 0 Å². The minimum Gasteiger partial charge on any atom is -0.309 e. The van der Waals surface area contributed by atoms with E-state index < -0.39 is 0 Å². The summed E-state index contributed by atoms with van der Waals surface area (Å²) in [6, 6.07) is 70.0. The summed E-state index contributed by atoms with van der Waals surface area (Å²) in [5.41, 5.74) is 13.0. The third kappa shape index (κ3) is 5.15. The molecule has 288 valence electrons. The summed E-state index contributed by atoms with van der Waals surface area (Å²) in [7, 11) is 0. The summed E-state index contributed by atoms with van der Waals surface area (Å²) in [6.45, 7) is 4.41. The third-order valence-corrected chi connectivity index (χ3v) is 14.9. The van der Waals surface area contributed by atoms with Crippen LogP contribution >= 0.6 is 22.7 Å². The Morgan fingerprint density at radius 1 is 0.344 bits per heavy atom. The highest BCUT2D eigenvalue weighted by Gasteiger charge is 2.25. The number of thiophene rings is 2. The van der Waals surface area contributed by atoms with E-state index >= 15 is 0 Å². The van der Waals surface area contributed by atoms with Gasteiger partial charge < -0.3 is 14.0 Å². The van der Waals surface area contributed by atoms with Crippen LogP contribution in [-0.4, -0.2) is 9.13 Å². The first-order valence-electron chi connectivity index (χ1n) is 20.8. The number of aryl methyl sites for hydroxylation is 2. The summed E-state index contributed by atoms with van der Waals surface area (Å²) in [5.74, 6) is 0. The van der Waals surface area contributed by atoms with E-state index in [1.54, 1.807) is 0 Å². The second-order valence-corrected chi connectivity index (χ2v) is 18.5. The number of benzene rings is 9. The molecule has 0 saturated carbocycles. The molecule has 13 rings (SSSR count). The van der Waals surface area contributed by atoms with E-state index in [1.807, 2.05) is 22.7 Å². The van der Waals surface area contributed by atoms with Crippen molar-refractivity contribution in [1.82, 2.24) is 9.13 Å². The molecule has 0 spiro atoms. The van der Waals surface area contributed by atoms with Gasteiger partial charge in [0.1, 0.15) is 0 Å². The molecule has 0 unspecified atom stereocenters. The van der Waals surface area contributed by atoms with Gasteiger partial charge >= 0.3 is 0 Å². The number of rotatable bonds is 5. The Balaban J connectivity index is 1.10. The van der Waals surface area contributed by atoms with Crippen LogP contribution in [0, 0.1) is 13.8 Å². The topological polar surface area (TPSA) is 13.1 Å². The van der Waals surface area contributed by atoms with Crippen molar-refractivity contribution >= 4 is 124 Å². The highest BCUT2D eigenvalue weighted by Crippen LogP contribution is 2.49. The van der Waals surface area contributed by atoms with E-state index in [2.05, 4.69) is 216 Å². The average Bonchev–Trinajstić information content (AvgIpc) is 4.04. The second-order valence-electron chi connectivity index (χ2n) is 16.3. The molecule has 0 bridgehead atoms. The van der Waals surface area contributed by atoms with Crippen LogP contribution in [0.1, 0.15) is 11.1 Å². The molecule has 9 aromatic carbocycles. The van der Waals surface area contributed by atoms with E-state index in [1.165, 1.54) is 106 Å². The van der Waals surface area contributed by atoms with Crippen molar-refractivity contribution in [1.29, 1.82) is 0 Å². The first-order valence-corrected chi connectivity index (χ1v) is 22.5. The third-order valence-electron chi connectivity index (χ3n) is 12.6. The van der Waals surface area contributed by atoms with Crippen molar-refractivity contribution in [2.45, 2.75) is 13.8 Å². The zero-order valence-electron chi connectivity index (χ0n) is 33.6. The Hall–Kier alpha value is -7.18. The van der Waals surface area contributed by atoms with E-state index in [4.69, 9.17) is 0 Å². The molecule has 3 nitrogen and oxygen atoms in total. The number of hydrogen-bond acceptors (Lipinski definition) is 3. The Morgan fingerprint density at radius 3 is 1.31 bits per heavy atom. The molecule has 0 aliphatic heterocycles. The van der Waals surface area contributed by atoms with Gasteiger partial charge in [0, 0.05) is 79.0 Å². The first kappa shape index (κ1) is 34.7. The van der Waals surface area contributed by atoms with Crippen LogP contribution in [0.15, 0.2) is 188 Å². The smallest absolute Gasteiger partial charge is 0.0562 e. The van der Waals surface area contributed by atoms with Gasteiger partial charge in [0.2, 0.25) is 0 Å². The number of fused-ring (bicyclic) bond motifs is 12. The molecule has 5 heteroatoms. The van der Waals surface area contributed by atoms with E-state index in [9.17, 15) is 0 Å². The standard InChI is InChI=1S/C56H37N3S2/c1-34-22-26-45-43(30-34)55-47(16-10-18-49(55)58(45)37-24-28-53-41(32-37)39-14-6-8-20-51(39)60-53)57(36-12-4-3-5-13-36)48-17-11-19-50-56(48)44-31-35(2)23-27-46(44)59(50)38-25-29-54-42(33-38)40-15-7-9-21-52(40)61-54/h3-33H,1-2H3. The Kier molecular flexibility index (Phi) is 7.48. The molecule has 0 aliphatic carbocycles. The van der Waals surface area contributed by atoms with E-state index in [0.717, 1.165) is 17.1 Å². The maximum atomic E-state index is 2.51. The molecule has 0 amide bonds. The molecule has 13 aromatic rings. The summed E-state index contributed by atoms with van der Waals surface area (Å²) in [6.07, 6.45) is 0. The molecule has 0 saturated heterocycles. The van der Waals surface area contributed by atoms with Crippen molar-refractivity contribution in [3.05, 3.63) is 199 Å². The van der Waals surface area contributed by atoms with Gasteiger partial charge in [-0.1, -0.05) is 90.0 Å². The van der Waals surface area contributed by atoms with Crippen LogP contribution < -0.4 is 4.90 Å². The van der Waals surface area contributed by atoms with Gasteiger partial charge in [0.25, 0.3) is 0 Å². The predicted octanol–water partition coefficient (Wildman–Crippen LogP) is 16.7. The molecular weight excluding hydrogens is 779 g/mol. The molecule has 4 aromatic heterocycles. The van der Waals surface area contributed by atoms with Crippen LogP contribution in [0.5, 0.6) is 0 Å². The zero-order chi connectivity index (χ0) is 40.3. The molecule has 0 N–H and O–H groups in total.